The molecule has 4 N–H and O–H groups in total. The van der Waals surface area contributed by atoms with Crippen molar-refractivity contribution >= 4 is 33.6 Å². The van der Waals surface area contributed by atoms with Gasteiger partial charge in [0.05, 0.1) is 26.4 Å². The van der Waals surface area contributed by atoms with Gasteiger partial charge >= 0.3 is 33.6 Å². The number of hydrogen-bond acceptors (Lipinski definition) is 14. The predicted molar refractivity (Wildman–Crippen MR) is 546 cm³/mol. The van der Waals surface area contributed by atoms with Crippen LogP contribution >= 0.6 is 15.6 Å². The second-order valence-corrected chi connectivity index (χ2v) is 36.8. The third kappa shape index (κ3) is 102. The van der Waals surface area contributed by atoms with Crippen LogP contribution in [0.2, 0.25) is 0 Å². The van der Waals surface area contributed by atoms with Gasteiger partial charge in [0.1, 0.15) is 25.4 Å². The zero-order valence-electron chi connectivity index (χ0n) is 81.5. The molecule has 129 heavy (non-hydrogen) atoms. The molecule has 0 spiro atoms. The molecule has 0 aromatic carbocycles. The average Bonchev–Trinajstić information content (AvgIpc) is 0.895. The molecule has 0 rings (SSSR count). The number of ether oxygens (including phenoxy) is 3. The molecule has 0 aromatic heterocycles. The Kier molecular flexibility index (Phi) is 96.5. The highest BCUT2D eigenvalue weighted by Gasteiger charge is 2.30. The van der Waals surface area contributed by atoms with Gasteiger partial charge in [0, 0.05) is 19.3 Å². The number of aliphatic hydroxyl groups excluding tert-OH is 2. The molecule has 5 unspecified atom stereocenters. The summed E-state index contributed by atoms with van der Waals surface area (Å²) in [5, 5.41) is 20.8. The molecule has 0 aliphatic heterocycles. The molecule has 0 fully saturated rings. The smallest absolute Gasteiger partial charge is 0.463 e. The van der Waals surface area contributed by atoms with Gasteiger partial charge in [0.25, 0.3) is 0 Å². The molecule has 16 nitrogen and oxygen atoms in total. The molecule has 0 aliphatic carbocycles. The molecule has 0 saturated heterocycles. The summed E-state index contributed by atoms with van der Waals surface area (Å²) < 4.78 is 61.7. The van der Waals surface area contributed by atoms with E-state index in [9.17, 15) is 43.5 Å². The highest BCUT2D eigenvalue weighted by atomic mass is 31.2. The molecule has 0 aromatic rings. The van der Waals surface area contributed by atoms with Crippen molar-refractivity contribution in [3.63, 3.8) is 0 Å². The summed E-state index contributed by atoms with van der Waals surface area (Å²) in [5.41, 5.74) is 0. The van der Waals surface area contributed by atoms with E-state index in [0.29, 0.717) is 19.3 Å². The third-order valence-electron chi connectivity index (χ3n) is 21.5. The first-order valence-corrected chi connectivity index (χ1v) is 54.4. The first kappa shape index (κ1) is 123. The lowest BCUT2D eigenvalue weighted by atomic mass is 10.0. The first-order valence-electron chi connectivity index (χ1n) is 51.4. The number of phosphoric ester groups is 2. The fourth-order valence-electron chi connectivity index (χ4n) is 13.8. The van der Waals surface area contributed by atoms with E-state index in [0.717, 1.165) is 193 Å². The minimum absolute atomic E-state index is 0.0920. The first-order chi connectivity index (χ1) is 63.2. The van der Waals surface area contributed by atoms with E-state index in [4.69, 9.17) is 32.3 Å². The molecular weight excluding hydrogens is 1650 g/mol. The molecular formula is C111H186O16P2. The summed E-state index contributed by atoms with van der Waals surface area (Å²) >= 11 is 0. The van der Waals surface area contributed by atoms with Gasteiger partial charge in [-0.2, -0.15) is 0 Å². The van der Waals surface area contributed by atoms with Crippen molar-refractivity contribution in [1.82, 2.24) is 0 Å². The molecule has 0 heterocycles. The van der Waals surface area contributed by atoms with Gasteiger partial charge in [-0.15, -0.1) is 0 Å². The van der Waals surface area contributed by atoms with Crippen LogP contribution in [0, 0.1) is 0 Å². The second kappa shape index (κ2) is 101. The molecule has 736 valence electrons. The number of phosphoric acid groups is 2. The van der Waals surface area contributed by atoms with Gasteiger partial charge in [-0.05, 0) is 167 Å². The summed E-state index contributed by atoms with van der Waals surface area (Å²) in [6.45, 7) is 2.39. The lowest BCUT2D eigenvalue weighted by Crippen LogP contribution is -2.30. The SMILES string of the molecule is CC/C=C\C/C=C\C/C=C\C/C=C\C/C=C\C/C=C\CCCCCCCCCCCCCCCCCCC(=O)OCC(O)COP(=O)(O)OCC(O)COP(=O)(O)OCC(COC(=O)CCCCCCCCCCCCCCCC/C=C\C/C=C\C/C=C\C/C=C\C/C=C\C/C=C\CC)OC(=O)CCCCCCCCCCC/C=C\C/C=C\C/C=C\C/C=C\C/C=C\CC. The van der Waals surface area contributed by atoms with Crippen LogP contribution in [0.5, 0.6) is 0 Å². The van der Waals surface area contributed by atoms with Crippen LogP contribution in [-0.2, 0) is 55.8 Å². The topological polar surface area (TPSA) is 231 Å². The normalized spacial score (nSPS) is 14.5. The Morgan fingerprint density at radius 1 is 0.217 bits per heavy atom. The molecule has 0 amide bonds. The predicted octanol–water partition coefficient (Wildman–Crippen LogP) is 32.7. The van der Waals surface area contributed by atoms with Gasteiger partial charge in [0.15, 0.2) is 6.10 Å². The highest BCUT2D eigenvalue weighted by molar-refractivity contribution is 7.47. The van der Waals surface area contributed by atoms with Crippen LogP contribution in [0.4, 0.5) is 0 Å². The number of carbonyl (C=O) groups excluding carboxylic acids is 3. The van der Waals surface area contributed by atoms with Crippen LogP contribution in [0.15, 0.2) is 207 Å². The zero-order chi connectivity index (χ0) is 93.5. The zero-order valence-corrected chi connectivity index (χ0v) is 83.3. The van der Waals surface area contributed by atoms with Gasteiger partial charge in [0.2, 0.25) is 0 Å². The van der Waals surface area contributed by atoms with Gasteiger partial charge in [-0.3, -0.25) is 32.5 Å². The standard InChI is InChI=1S/C111H186O16P2/c1-4-7-10-13-16-19-22-25-28-31-34-37-40-43-45-47-49-51-52-54-56-57-59-62-64-67-70-73-76-79-82-85-88-91-94-97-109(114)121-100-106(112)101-123-128(117,118)124-102-107(113)103-125-129(119,120)126-105-108(127-111(116)99-96-93-90-87-84-81-78-75-72-69-66-61-42-39-36-33-30-27-24-21-18-15-12-9-6-3)104-122-110(115)98-95-92-89-86-83-80-77-74-71-68-65-63-60-58-55-53-50-48-46-44-41-38-35-32-29-26-23-20-17-14-11-8-5-2/h7-12,16-21,25-30,34-39,43-46,49-51,53,61,66,106-108,112-113H,4-6,13-15,22-24,31-33,40-42,47-48,52,54-60,62-65,67-105H2,1-3H3,(H,117,118)(H,119,120)/b10-7-,11-8-,12-9-,19-16-,20-17-,21-18-,28-25-,29-26-,30-27-,37-34-,38-35-,39-36-,45-43-,46-44-,51-49-,53-50-,66-61-. The van der Waals surface area contributed by atoms with Crippen molar-refractivity contribution in [1.29, 1.82) is 0 Å². The number of rotatable bonds is 96. The summed E-state index contributed by atoms with van der Waals surface area (Å²) in [7, 11) is -9.83. The Balaban J connectivity index is 4.59. The largest absolute Gasteiger partial charge is 0.472 e. The van der Waals surface area contributed by atoms with Gasteiger partial charge in [-0.1, -0.05) is 439 Å². The Morgan fingerprint density at radius 2 is 0.388 bits per heavy atom. The van der Waals surface area contributed by atoms with Crippen molar-refractivity contribution in [2.75, 3.05) is 39.6 Å². The molecule has 0 radical (unpaired) electrons. The maximum absolute atomic E-state index is 13.1. The summed E-state index contributed by atoms with van der Waals surface area (Å²) in [5.74, 6) is -1.57. The van der Waals surface area contributed by atoms with Crippen LogP contribution < -0.4 is 0 Å². The summed E-state index contributed by atoms with van der Waals surface area (Å²) in [6, 6.07) is 0. The fourth-order valence-corrected chi connectivity index (χ4v) is 15.4. The minimum Gasteiger partial charge on any atom is -0.463 e. The number of esters is 3. The summed E-state index contributed by atoms with van der Waals surface area (Å²) in [6.07, 6.45) is 137. The van der Waals surface area contributed by atoms with E-state index in [1.165, 1.54) is 167 Å². The van der Waals surface area contributed by atoms with Crippen molar-refractivity contribution in [3.05, 3.63) is 207 Å². The number of hydrogen-bond donors (Lipinski definition) is 4. The Hall–Kier alpha value is -5.87. The van der Waals surface area contributed by atoms with E-state index in [1.54, 1.807) is 0 Å². The second-order valence-electron chi connectivity index (χ2n) is 33.8. The van der Waals surface area contributed by atoms with Crippen LogP contribution in [0.1, 0.15) is 419 Å². The maximum Gasteiger partial charge on any atom is 0.472 e. The van der Waals surface area contributed by atoms with E-state index < -0.39 is 91.5 Å². The fraction of sp³-hybridized carbons (Fsp3) is 0.667. The van der Waals surface area contributed by atoms with E-state index in [1.807, 2.05) is 0 Å². The number of carbonyl (C=O) groups is 3. The van der Waals surface area contributed by atoms with E-state index in [-0.39, 0.29) is 19.3 Å². The number of aliphatic hydroxyl groups is 2. The lowest BCUT2D eigenvalue weighted by Gasteiger charge is -2.21. The van der Waals surface area contributed by atoms with Gasteiger partial charge in [-0.25, -0.2) is 9.13 Å². The molecule has 0 aliphatic rings. The highest BCUT2D eigenvalue weighted by Crippen LogP contribution is 2.45. The molecule has 0 bridgehead atoms. The van der Waals surface area contributed by atoms with Crippen molar-refractivity contribution in [2.24, 2.45) is 0 Å². The van der Waals surface area contributed by atoms with Gasteiger partial charge < -0.3 is 34.2 Å². The quantitative estimate of drug-likeness (QED) is 0.0146. The lowest BCUT2D eigenvalue weighted by molar-refractivity contribution is -0.161. The van der Waals surface area contributed by atoms with Crippen LogP contribution in [-0.4, -0.2) is 95.9 Å². The van der Waals surface area contributed by atoms with E-state index >= 15 is 0 Å². The molecule has 0 saturated carbocycles. The Labute approximate surface area is 788 Å². The monoisotopic (exact) mass is 1840 g/mol. The van der Waals surface area contributed by atoms with E-state index in [2.05, 4.69) is 227 Å². The summed E-state index contributed by atoms with van der Waals surface area (Å²) in [4.78, 5) is 59.2. The number of unbranched alkanes of at least 4 members (excludes halogenated alkanes) is 39. The number of allylic oxidation sites excluding steroid dienone is 34. The Bertz CT molecular complexity index is 3180. The third-order valence-corrected chi connectivity index (χ3v) is 23.4. The molecule has 18 heteroatoms. The van der Waals surface area contributed by atoms with Crippen molar-refractivity contribution < 1.29 is 75.8 Å². The Morgan fingerprint density at radius 3 is 0.612 bits per heavy atom. The van der Waals surface area contributed by atoms with Crippen molar-refractivity contribution in [2.45, 2.75) is 437 Å². The van der Waals surface area contributed by atoms with Crippen LogP contribution in [0.3, 0.4) is 0 Å². The average molecular weight is 1840 g/mol. The minimum atomic E-state index is -4.95. The molecule has 5 atom stereocenters. The van der Waals surface area contributed by atoms with Crippen molar-refractivity contribution in [3.8, 4) is 0 Å². The van der Waals surface area contributed by atoms with Crippen LogP contribution in [0.25, 0.3) is 0 Å². The maximum atomic E-state index is 13.1.